The summed E-state index contributed by atoms with van der Waals surface area (Å²) in [7, 11) is 0. The van der Waals surface area contributed by atoms with Gasteiger partial charge in [-0.05, 0) is 67.2 Å². The molecule has 0 amide bonds. The van der Waals surface area contributed by atoms with Gasteiger partial charge < -0.3 is 5.32 Å². The van der Waals surface area contributed by atoms with Gasteiger partial charge in [0, 0.05) is 10.9 Å². The first-order valence-corrected chi connectivity index (χ1v) is 8.86. The topological polar surface area (TPSA) is 12.0 Å². The van der Waals surface area contributed by atoms with Gasteiger partial charge in [0.2, 0.25) is 0 Å². The molecule has 2 aliphatic rings. The van der Waals surface area contributed by atoms with Crippen molar-refractivity contribution < 1.29 is 4.39 Å². The third kappa shape index (κ3) is 3.37. The number of benzene rings is 1. The first-order chi connectivity index (χ1) is 9.72. The van der Waals surface area contributed by atoms with Crippen LogP contribution in [0.5, 0.6) is 0 Å². The minimum atomic E-state index is -0.107. The van der Waals surface area contributed by atoms with Crippen LogP contribution in [0, 0.1) is 17.7 Å². The van der Waals surface area contributed by atoms with Crippen molar-refractivity contribution in [3.8, 4) is 0 Å². The van der Waals surface area contributed by atoms with E-state index in [4.69, 9.17) is 0 Å². The SMILES string of the molecule is CC1CCCC(CNC2CCSc3ccc(F)cc32)C1. The standard InChI is InChI=1S/C17H24FNS/c1-12-3-2-4-13(9-12)11-19-16-7-8-20-17-6-5-14(18)10-15(16)17/h5-6,10,12-13,16,19H,2-4,7-9,11H2,1H3. The Morgan fingerprint density at radius 3 is 3.05 bits per heavy atom. The summed E-state index contributed by atoms with van der Waals surface area (Å²) in [5.74, 6) is 2.72. The number of hydrogen-bond acceptors (Lipinski definition) is 2. The van der Waals surface area contributed by atoms with Crippen molar-refractivity contribution in [1.82, 2.24) is 5.32 Å². The molecule has 3 unspecified atom stereocenters. The fourth-order valence-corrected chi connectivity index (χ4v) is 4.74. The maximum absolute atomic E-state index is 13.5. The molecule has 1 heterocycles. The molecular weight excluding hydrogens is 269 g/mol. The van der Waals surface area contributed by atoms with Crippen molar-refractivity contribution in [3.63, 3.8) is 0 Å². The highest BCUT2D eigenvalue weighted by atomic mass is 32.2. The molecule has 0 saturated heterocycles. The molecule has 1 aromatic rings. The minimum Gasteiger partial charge on any atom is -0.310 e. The highest BCUT2D eigenvalue weighted by Gasteiger charge is 2.24. The van der Waals surface area contributed by atoms with E-state index in [0.29, 0.717) is 6.04 Å². The van der Waals surface area contributed by atoms with Crippen molar-refractivity contribution in [3.05, 3.63) is 29.6 Å². The number of halogens is 1. The molecule has 1 N–H and O–H groups in total. The molecular formula is C17H24FNS. The van der Waals surface area contributed by atoms with Gasteiger partial charge >= 0.3 is 0 Å². The van der Waals surface area contributed by atoms with E-state index in [2.05, 4.69) is 12.2 Å². The summed E-state index contributed by atoms with van der Waals surface area (Å²) >= 11 is 1.86. The summed E-state index contributed by atoms with van der Waals surface area (Å²) in [6, 6.07) is 5.59. The molecule has 0 spiro atoms. The van der Waals surface area contributed by atoms with E-state index < -0.39 is 0 Å². The number of rotatable bonds is 3. The maximum Gasteiger partial charge on any atom is 0.123 e. The average molecular weight is 293 g/mol. The molecule has 0 bridgehead atoms. The van der Waals surface area contributed by atoms with Gasteiger partial charge in [-0.2, -0.15) is 0 Å². The number of hydrogen-bond donors (Lipinski definition) is 1. The molecule has 1 aromatic carbocycles. The lowest BCUT2D eigenvalue weighted by molar-refractivity contribution is 0.265. The molecule has 3 rings (SSSR count). The van der Waals surface area contributed by atoms with E-state index in [0.717, 1.165) is 30.6 Å². The van der Waals surface area contributed by atoms with E-state index >= 15 is 0 Å². The van der Waals surface area contributed by atoms with Crippen LogP contribution in [-0.4, -0.2) is 12.3 Å². The lowest BCUT2D eigenvalue weighted by Crippen LogP contribution is -2.31. The fourth-order valence-electron chi connectivity index (χ4n) is 3.63. The van der Waals surface area contributed by atoms with Crippen LogP contribution in [-0.2, 0) is 0 Å². The first-order valence-electron chi connectivity index (χ1n) is 7.88. The summed E-state index contributed by atoms with van der Waals surface area (Å²) in [4.78, 5) is 1.26. The third-order valence-electron chi connectivity index (χ3n) is 4.71. The van der Waals surface area contributed by atoms with Crippen molar-refractivity contribution in [1.29, 1.82) is 0 Å². The largest absolute Gasteiger partial charge is 0.310 e. The second-order valence-corrected chi connectivity index (χ2v) is 7.55. The second-order valence-electron chi connectivity index (χ2n) is 6.42. The molecule has 20 heavy (non-hydrogen) atoms. The zero-order chi connectivity index (χ0) is 13.9. The first kappa shape index (κ1) is 14.4. The number of fused-ring (bicyclic) bond motifs is 1. The predicted octanol–water partition coefficient (Wildman–Crippen LogP) is 4.78. The minimum absolute atomic E-state index is 0.107. The number of thioether (sulfide) groups is 1. The Bertz CT molecular complexity index is 462. The van der Waals surface area contributed by atoms with Crippen LogP contribution < -0.4 is 5.32 Å². The predicted molar refractivity (Wildman–Crippen MR) is 83.6 cm³/mol. The zero-order valence-electron chi connectivity index (χ0n) is 12.2. The van der Waals surface area contributed by atoms with Gasteiger partial charge in [0.15, 0.2) is 0 Å². The summed E-state index contributed by atoms with van der Waals surface area (Å²) in [5, 5.41) is 3.72. The van der Waals surface area contributed by atoms with Gasteiger partial charge in [-0.25, -0.2) is 4.39 Å². The smallest absolute Gasteiger partial charge is 0.123 e. The molecule has 1 saturated carbocycles. The quantitative estimate of drug-likeness (QED) is 0.861. The lowest BCUT2D eigenvalue weighted by Gasteiger charge is -2.31. The fraction of sp³-hybridized carbons (Fsp3) is 0.647. The van der Waals surface area contributed by atoms with Crippen molar-refractivity contribution in [2.24, 2.45) is 11.8 Å². The van der Waals surface area contributed by atoms with Gasteiger partial charge in [0.1, 0.15) is 5.82 Å². The van der Waals surface area contributed by atoms with Crippen LogP contribution in [0.25, 0.3) is 0 Å². The second kappa shape index (κ2) is 6.48. The molecule has 1 aliphatic carbocycles. The Morgan fingerprint density at radius 2 is 2.20 bits per heavy atom. The monoisotopic (exact) mass is 293 g/mol. The summed E-state index contributed by atoms with van der Waals surface area (Å²) in [6.07, 6.45) is 6.59. The van der Waals surface area contributed by atoms with Crippen molar-refractivity contribution in [2.45, 2.75) is 50.0 Å². The summed E-state index contributed by atoms with van der Waals surface area (Å²) < 4.78 is 13.5. The van der Waals surface area contributed by atoms with Gasteiger partial charge in [-0.3, -0.25) is 0 Å². The zero-order valence-corrected chi connectivity index (χ0v) is 13.0. The molecule has 3 atom stereocenters. The molecule has 1 aliphatic heterocycles. The van der Waals surface area contributed by atoms with Gasteiger partial charge in [0.25, 0.3) is 0 Å². The third-order valence-corrected chi connectivity index (χ3v) is 5.83. The van der Waals surface area contributed by atoms with Crippen LogP contribution in [0.2, 0.25) is 0 Å². The van der Waals surface area contributed by atoms with Crippen LogP contribution in [0.4, 0.5) is 4.39 Å². The number of nitrogens with one attached hydrogen (secondary N) is 1. The molecule has 1 fully saturated rings. The molecule has 3 heteroatoms. The normalized spacial score (nSPS) is 30.0. The van der Waals surface area contributed by atoms with Crippen molar-refractivity contribution >= 4 is 11.8 Å². The highest BCUT2D eigenvalue weighted by Crippen LogP contribution is 2.37. The Hall–Kier alpha value is -0.540. The van der Waals surface area contributed by atoms with Crippen molar-refractivity contribution in [2.75, 3.05) is 12.3 Å². The Balaban J connectivity index is 1.62. The molecule has 0 aromatic heterocycles. The van der Waals surface area contributed by atoms with Gasteiger partial charge in [-0.1, -0.05) is 19.8 Å². The van der Waals surface area contributed by atoms with E-state index in [1.807, 2.05) is 17.8 Å². The molecule has 0 radical (unpaired) electrons. The van der Waals surface area contributed by atoms with E-state index in [1.165, 1.54) is 36.1 Å². The lowest BCUT2D eigenvalue weighted by atomic mass is 9.82. The molecule has 1 nitrogen and oxygen atoms in total. The van der Waals surface area contributed by atoms with Gasteiger partial charge in [0.05, 0.1) is 0 Å². The summed E-state index contributed by atoms with van der Waals surface area (Å²) in [5.41, 5.74) is 1.17. The Labute approximate surface area is 125 Å². The van der Waals surface area contributed by atoms with Crippen LogP contribution in [0.3, 0.4) is 0 Å². The van der Waals surface area contributed by atoms with E-state index in [-0.39, 0.29) is 5.82 Å². The van der Waals surface area contributed by atoms with Gasteiger partial charge in [-0.15, -0.1) is 11.8 Å². The maximum atomic E-state index is 13.5. The van der Waals surface area contributed by atoms with E-state index in [9.17, 15) is 4.39 Å². The van der Waals surface area contributed by atoms with Crippen LogP contribution >= 0.6 is 11.8 Å². The Kier molecular flexibility index (Phi) is 4.67. The highest BCUT2D eigenvalue weighted by molar-refractivity contribution is 7.99. The van der Waals surface area contributed by atoms with Crippen LogP contribution in [0.1, 0.15) is 50.6 Å². The molecule has 110 valence electrons. The average Bonchev–Trinajstić information content (AvgIpc) is 2.45. The Morgan fingerprint density at radius 1 is 1.30 bits per heavy atom. The summed E-state index contributed by atoms with van der Waals surface area (Å²) in [6.45, 7) is 3.46. The van der Waals surface area contributed by atoms with E-state index in [1.54, 1.807) is 12.1 Å². The van der Waals surface area contributed by atoms with Crippen LogP contribution in [0.15, 0.2) is 23.1 Å².